The zero-order valence-electron chi connectivity index (χ0n) is 9.87. The molecule has 1 aliphatic heterocycles. The summed E-state index contributed by atoms with van der Waals surface area (Å²) in [5, 5.41) is 0. The number of rotatable bonds is 1. The lowest BCUT2D eigenvalue weighted by Crippen LogP contribution is -2.29. The van der Waals surface area contributed by atoms with E-state index in [1.54, 1.807) is 0 Å². The van der Waals surface area contributed by atoms with Crippen molar-refractivity contribution in [2.24, 2.45) is 0 Å². The van der Waals surface area contributed by atoms with Gasteiger partial charge in [-0.05, 0) is 37.5 Å². The second kappa shape index (κ2) is 6.33. The lowest BCUT2D eigenvalue weighted by atomic mass is 10.1. The molecule has 2 heteroatoms. The molecule has 0 amide bonds. The van der Waals surface area contributed by atoms with Crippen molar-refractivity contribution in [2.75, 3.05) is 23.7 Å². The van der Waals surface area contributed by atoms with Crippen LogP contribution in [-0.2, 0) is 0 Å². The molecule has 0 aromatic heterocycles. The third-order valence-electron chi connectivity index (χ3n) is 2.59. The van der Waals surface area contributed by atoms with Gasteiger partial charge in [-0.1, -0.05) is 19.9 Å². The molecular formula is C13H22N2. The van der Waals surface area contributed by atoms with Gasteiger partial charge in [0.05, 0.1) is 0 Å². The molecule has 0 spiro atoms. The maximum Gasteiger partial charge on any atom is 0.0386 e. The zero-order chi connectivity index (χ0) is 11.1. The van der Waals surface area contributed by atoms with Gasteiger partial charge < -0.3 is 10.6 Å². The number of nitrogens with two attached hydrogens (primary N) is 1. The number of hydrogen-bond donors (Lipinski definition) is 1. The standard InChI is InChI=1S/C11H16N2.C2H6/c12-10-5-4-6-11(9-10)13-7-2-1-3-8-13;1-2/h4-6,9H,1-3,7-8,12H2;1-2H3. The monoisotopic (exact) mass is 206 g/mol. The summed E-state index contributed by atoms with van der Waals surface area (Å²) in [6.45, 7) is 6.37. The molecule has 15 heavy (non-hydrogen) atoms. The smallest absolute Gasteiger partial charge is 0.0386 e. The molecule has 2 rings (SSSR count). The van der Waals surface area contributed by atoms with Crippen LogP contribution in [0.4, 0.5) is 11.4 Å². The first-order valence-corrected chi connectivity index (χ1v) is 5.97. The molecule has 0 atom stereocenters. The highest BCUT2D eigenvalue weighted by Crippen LogP contribution is 2.21. The Morgan fingerprint density at radius 3 is 2.33 bits per heavy atom. The molecule has 1 aromatic rings. The molecular weight excluding hydrogens is 184 g/mol. The SMILES string of the molecule is CC.Nc1cccc(N2CCCCC2)c1. The Morgan fingerprint density at radius 1 is 1.07 bits per heavy atom. The van der Waals surface area contributed by atoms with Gasteiger partial charge in [-0.25, -0.2) is 0 Å². The van der Waals surface area contributed by atoms with E-state index in [9.17, 15) is 0 Å². The first-order chi connectivity index (χ1) is 7.36. The average molecular weight is 206 g/mol. The molecule has 0 unspecified atom stereocenters. The van der Waals surface area contributed by atoms with Crippen molar-refractivity contribution in [2.45, 2.75) is 33.1 Å². The fourth-order valence-electron chi connectivity index (χ4n) is 1.87. The highest BCUT2D eigenvalue weighted by molar-refractivity contribution is 5.55. The third kappa shape index (κ3) is 3.46. The molecule has 2 nitrogen and oxygen atoms in total. The number of hydrogen-bond acceptors (Lipinski definition) is 2. The Balaban J connectivity index is 0.000000531. The highest BCUT2D eigenvalue weighted by Gasteiger charge is 2.10. The van der Waals surface area contributed by atoms with Gasteiger partial charge in [0.1, 0.15) is 0 Å². The maximum absolute atomic E-state index is 5.74. The Kier molecular flexibility index (Phi) is 5.02. The van der Waals surface area contributed by atoms with Crippen molar-refractivity contribution in [3.63, 3.8) is 0 Å². The minimum atomic E-state index is 0.864. The van der Waals surface area contributed by atoms with Gasteiger partial charge in [-0.3, -0.25) is 0 Å². The fourth-order valence-corrected chi connectivity index (χ4v) is 1.87. The van der Waals surface area contributed by atoms with Crippen molar-refractivity contribution >= 4 is 11.4 Å². The molecule has 0 saturated carbocycles. The molecule has 1 heterocycles. The lowest BCUT2D eigenvalue weighted by molar-refractivity contribution is 0.578. The second-order valence-corrected chi connectivity index (χ2v) is 3.64. The predicted molar refractivity (Wildman–Crippen MR) is 68.3 cm³/mol. The van der Waals surface area contributed by atoms with E-state index in [2.05, 4.69) is 17.0 Å². The second-order valence-electron chi connectivity index (χ2n) is 3.64. The first-order valence-electron chi connectivity index (χ1n) is 5.97. The maximum atomic E-state index is 5.74. The molecule has 84 valence electrons. The Morgan fingerprint density at radius 2 is 1.73 bits per heavy atom. The molecule has 2 N–H and O–H groups in total. The quantitative estimate of drug-likeness (QED) is 0.714. The third-order valence-corrected chi connectivity index (χ3v) is 2.59. The van der Waals surface area contributed by atoms with Crippen LogP contribution in [-0.4, -0.2) is 13.1 Å². The minimum absolute atomic E-state index is 0.864. The van der Waals surface area contributed by atoms with Crippen LogP contribution in [0.5, 0.6) is 0 Å². The minimum Gasteiger partial charge on any atom is -0.399 e. The molecule has 0 aliphatic carbocycles. The Labute approximate surface area is 93.1 Å². The van der Waals surface area contributed by atoms with Gasteiger partial charge in [0.25, 0.3) is 0 Å². The average Bonchev–Trinajstić information content (AvgIpc) is 2.33. The van der Waals surface area contributed by atoms with Crippen LogP contribution < -0.4 is 10.6 Å². The van der Waals surface area contributed by atoms with Gasteiger partial charge >= 0.3 is 0 Å². The number of nitrogens with zero attached hydrogens (tertiary/aromatic N) is 1. The predicted octanol–water partition coefficient (Wildman–Crippen LogP) is 3.29. The summed E-state index contributed by atoms with van der Waals surface area (Å²) in [6.07, 6.45) is 4.00. The van der Waals surface area contributed by atoms with Crippen molar-refractivity contribution < 1.29 is 0 Å². The van der Waals surface area contributed by atoms with Crippen LogP contribution in [0.2, 0.25) is 0 Å². The first kappa shape index (κ1) is 11.9. The Bertz CT molecular complexity index is 278. The largest absolute Gasteiger partial charge is 0.399 e. The van der Waals surface area contributed by atoms with Gasteiger partial charge in [0, 0.05) is 24.5 Å². The number of piperidine rings is 1. The van der Waals surface area contributed by atoms with E-state index in [1.807, 2.05) is 26.0 Å². The number of nitrogen functional groups attached to an aromatic ring is 1. The highest BCUT2D eigenvalue weighted by atomic mass is 15.1. The molecule has 1 aromatic carbocycles. The van der Waals surface area contributed by atoms with Crippen LogP contribution in [0, 0.1) is 0 Å². The van der Waals surface area contributed by atoms with Crippen molar-refractivity contribution in [1.29, 1.82) is 0 Å². The van der Waals surface area contributed by atoms with Gasteiger partial charge in [-0.2, -0.15) is 0 Å². The summed E-state index contributed by atoms with van der Waals surface area (Å²) in [7, 11) is 0. The topological polar surface area (TPSA) is 29.3 Å². The van der Waals surface area contributed by atoms with Crippen molar-refractivity contribution in [3.8, 4) is 0 Å². The van der Waals surface area contributed by atoms with Crippen LogP contribution in [0.15, 0.2) is 24.3 Å². The molecule has 1 saturated heterocycles. The van der Waals surface area contributed by atoms with E-state index in [1.165, 1.54) is 38.0 Å². The summed E-state index contributed by atoms with van der Waals surface area (Å²) in [6, 6.07) is 8.17. The lowest BCUT2D eigenvalue weighted by Gasteiger charge is -2.28. The van der Waals surface area contributed by atoms with Crippen LogP contribution in [0.3, 0.4) is 0 Å². The Hall–Kier alpha value is -1.18. The molecule has 1 fully saturated rings. The van der Waals surface area contributed by atoms with Crippen LogP contribution in [0.1, 0.15) is 33.1 Å². The van der Waals surface area contributed by atoms with E-state index in [0.29, 0.717) is 0 Å². The van der Waals surface area contributed by atoms with E-state index < -0.39 is 0 Å². The summed E-state index contributed by atoms with van der Waals surface area (Å²) < 4.78 is 0. The van der Waals surface area contributed by atoms with E-state index in [4.69, 9.17) is 5.73 Å². The van der Waals surface area contributed by atoms with E-state index in [0.717, 1.165) is 5.69 Å². The summed E-state index contributed by atoms with van der Waals surface area (Å²) in [5.41, 5.74) is 7.88. The van der Waals surface area contributed by atoms with Crippen molar-refractivity contribution in [1.82, 2.24) is 0 Å². The van der Waals surface area contributed by atoms with Gasteiger partial charge in [0.2, 0.25) is 0 Å². The number of benzene rings is 1. The molecule has 1 aliphatic rings. The fraction of sp³-hybridized carbons (Fsp3) is 0.538. The van der Waals surface area contributed by atoms with E-state index in [-0.39, 0.29) is 0 Å². The van der Waals surface area contributed by atoms with Crippen LogP contribution in [0.25, 0.3) is 0 Å². The van der Waals surface area contributed by atoms with Crippen LogP contribution >= 0.6 is 0 Å². The molecule has 0 bridgehead atoms. The normalized spacial score (nSPS) is 15.5. The van der Waals surface area contributed by atoms with Crippen molar-refractivity contribution in [3.05, 3.63) is 24.3 Å². The van der Waals surface area contributed by atoms with Gasteiger partial charge in [-0.15, -0.1) is 0 Å². The summed E-state index contributed by atoms with van der Waals surface area (Å²) in [4.78, 5) is 2.42. The number of anilines is 2. The van der Waals surface area contributed by atoms with E-state index >= 15 is 0 Å². The molecule has 0 radical (unpaired) electrons. The van der Waals surface area contributed by atoms with Gasteiger partial charge in [0.15, 0.2) is 0 Å². The summed E-state index contributed by atoms with van der Waals surface area (Å²) >= 11 is 0. The zero-order valence-corrected chi connectivity index (χ0v) is 9.87. The summed E-state index contributed by atoms with van der Waals surface area (Å²) in [5.74, 6) is 0.